The van der Waals surface area contributed by atoms with Gasteiger partial charge >= 0.3 is 0 Å². The Hall–Kier alpha value is -0.0800. The average Bonchev–Trinajstić information content (AvgIpc) is 2.11. The van der Waals surface area contributed by atoms with E-state index >= 15 is 0 Å². The third-order valence-corrected chi connectivity index (χ3v) is 3.01. The van der Waals surface area contributed by atoms with Crippen molar-refractivity contribution < 1.29 is 10.2 Å². The van der Waals surface area contributed by atoms with Gasteiger partial charge in [-0.25, -0.2) is 0 Å². The minimum Gasteiger partial charge on any atom is -0.390 e. The molecule has 1 unspecified atom stereocenters. The van der Waals surface area contributed by atoms with Crippen molar-refractivity contribution in [2.24, 2.45) is 5.41 Å². The van der Waals surface area contributed by atoms with E-state index in [9.17, 15) is 10.2 Å². The Kier molecular flexibility index (Phi) is 5.10. The lowest BCUT2D eigenvalue weighted by molar-refractivity contribution is -0.0858. The Labute approximate surface area is 88.3 Å². The highest BCUT2D eigenvalue weighted by molar-refractivity contribution is 4.84. The Bertz CT molecular complexity index is 154. The van der Waals surface area contributed by atoms with Crippen LogP contribution in [0.15, 0.2) is 0 Å². The van der Waals surface area contributed by atoms with Gasteiger partial charge in [0.05, 0.1) is 11.7 Å². The molecule has 1 atom stereocenters. The maximum atomic E-state index is 10.0. The molecule has 0 aliphatic carbocycles. The molecule has 0 heterocycles. The van der Waals surface area contributed by atoms with Gasteiger partial charge in [0.15, 0.2) is 0 Å². The lowest BCUT2D eigenvalue weighted by Gasteiger charge is -2.32. The van der Waals surface area contributed by atoms with Crippen LogP contribution in [-0.4, -0.2) is 21.9 Å². The van der Waals surface area contributed by atoms with Crippen molar-refractivity contribution in [2.75, 3.05) is 0 Å². The smallest absolute Gasteiger partial charge is 0.0900 e. The second kappa shape index (κ2) is 5.13. The van der Waals surface area contributed by atoms with Crippen molar-refractivity contribution in [1.82, 2.24) is 0 Å². The molecule has 0 rings (SSSR count). The lowest BCUT2D eigenvalue weighted by atomic mass is 9.83. The van der Waals surface area contributed by atoms with Gasteiger partial charge in [0.1, 0.15) is 0 Å². The van der Waals surface area contributed by atoms with Crippen molar-refractivity contribution in [2.45, 2.75) is 72.0 Å². The van der Waals surface area contributed by atoms with Gasteiger partial charge in [0, 0.05) is 0 Å². The SMILES string of the molecule is CCC(O)(CC)C(O)CCC(C)(C)C. The Morgan fingerprint density at radius 3 is 1.79 bits per heavy atom. The molecular formula is C12H26O2. The van der Waals surface area contributed by atoms with Crippen LogP contribution in [0.3, 0.4) is 0 Å². The maximum absolute atomic E-state index is 10.0. The highest BCUT2D eigenvalue weighted by Crippen LogP contribution is 2.28. The maximum Gasteiger partial charge on any atom is 0.0900 e. The second-order valence-electron chi connectivity index (χ2n) is 5.43. The normalized spacial score (nSPS) is 15.6. The quantitative estimate of drug-likeness (QED) is 0.719. The summed E-state index contributed by atoms with van der Waals surface area (Å²) in [5.74, 6) is 0. The molecule has 14 heavy (non-hydrogen) atoms. The van der Waals surface area contributed by atoms with Crippen molar-refractivity contribution in [1.29, 1.82) is 0 Å². The van der Waals surface area contributed by atoms with E-state index < -0.39 is 11.7 Å². The first-order valence-corrected chi connectivity index (χ1v) is 5.65. The van der Waals surface area contributed by atoms with E-state index in [1.165, 1.54) is 0 Å². The molecule has 2 nitrogen and oxygen atoms in total. The first-order valence-electron chi connectivity index (χ1n) is 5.65. The summed E-state index contributed by atoms with van der Waals surface area (Å²) in [4.78, 5) is 0. The van der Waals surface area contributed by atoms with Crippen molar-refractivity contribution in [3.05, 3.63) is 0 Å². The molecule has 0 saturated heterocycles. The molecule has 0 spiro atoms. The Morgan fingerprint density at radius 2 is 1.50 bits per heavy atom. The largest absolute Gasteiger partial charge is 0.390 e. The van der Waals surface area contributed by atoms with Crippen LogP contribution in [0.5, 0.6) is 0 Å². The predicted octanol–water partition coefficient (Wildman–Crippen LogP) is 2.72. The summed E-state index contributed by atoms with van der Waals surface area (Å²) in [6.45, 7) is 10.3. The standard InChI is InChI=1S/C12H26O2/c1-6-12(14,7-2)10(13)8-9-11(3,4)5/h10,13-14H,6-9H2,1-5H3. The summed E-state index contributed by atoms with van der Waals surface area (Å²) in [6, 6.07) is 0. The van der Waals surface area contributed by atoms with Crippen LogP contribution < -0.4 is 0 Å². The van der Waals surface area contributed by atoms with E-state index in [-0.39, 0.29) is 5.41 Å². The molecule has 0 bridgehead atoms. The van der Waals surface area contributed by atoms with Crippen LogP contribution in [0.25, 0.3) is 0 Å². The van der Waals surface area contributed by atoms with Crippen LogP contribution in [-0.2, 0) is 0 Å². The van der Waals surface area contributed by atoms with Gasteiger partial charge in [-0.05, 0) is 31.1 Å². The van der Waals surface area contributed by atoms with Crippen LogP contribution in [0.1, 0.15) is 60.3 Å². The van der Waals surface area contributed by atoms with Crippen LogP contribution in [0, 0.1) is 5.41 Å². The van der Waals surface area contributed by atoms with Gasteiger partial charge in [-0.2, -0.15) is 0 Å². The molecule has 0 aliphatic rings. The Balaban J connectivity index is 4.12. The fourth-order valence-corrected chi connectivity index (χ4v) is 1.56. The molecule has 0 amide bonds. The molecule has 0 aliphatic heterocycles. The minimum absolute atomic E-state index is 0.226. The number of aliphatic hydroxyl groups excluding tert-OH is 1. The topological polar surface area (TPSA) is 40.5 Å². The zero-order valence-electron chi connectivity index (χ0n) is 10.3. The third kappa shape index (κ3) is 4.43. The summed E-state index contributed by atoms with van der Waals surface area (Å²) >= 11 is 0. The van der Waals surface area contributed by atoms with Crippen LogP contribution in [0.4, 0.5) is 0 Å². The number of hydrogen-bond acceptors (Lipinski definition) is 2. The molecule has 0 fully saturated rings. The number of hydrogen-bond donors (Lipinski definition) is 2. The minimum atomic E-state index is -0.884. The van der Waals surface area contributed by atoms with E-state index in [1.54, 1.807) is 0 Å². The Morgan fingerprint density at radius 1 is 1.07 bits per heavy atom. The monoisotopic (exact) mass is 202 g/mol. The highest BCUT2D eigenvalue weighted by atomic mass is 16.3. The summed E-state index contributed by atoms with van der Waals surface area (Å²) in [5, 5.41) is 19.9. The molecule has 0 saturated carbocycles. The average molecular weight is 202 g/mol. The van der Waals surface area contributed by atoms with Crippen molar-refractivity contribution in [3.63, 3.8) is 0 Å². The molecule has 86 valence electrons. The van der Waals surface area contributed by atoms with Gasteiger partial charge < -0.3 is 10.2 Å². The van der Waals surface area contributed by atoms with E-state index in [4.69, 9.17) is 0 Å². The fraction of sp³-hybridized carbons (Fsp3) is 1.00. The lowest BCUT2D eigenvalue weighted by Crippen LogP contribution is -2.41. The molecule has 2 N–H and O–H groups in total. The number of aliphatic hydroxyl groups is 2. The van der Waals surface area contributed by atoms with E-state index in [0.29, 0.717) is 19.3 Å². The van der Waals surface area contributed by atoms with Gasteiger partial charge in [-0.1, -0.05) is 34.6 Å². The molecule has 0 aromatic heterocycles. The summed E-state index contributed by atoms with van der Waals surface area (Å²) < 4.78 is 0. The summed E-state index contributed by atoms with van der Waals surface area (Å²) in [6.07, 6.45) is 2.28. The molecule has 0 radical (unpaired) electrons. The molecular weight excluding hydrogens is 176 g/mol. The molecule has 0 aromatic rings. The van der Waals surface area contributed by atoms with E-state index in [1.807, 2.05) is 13.8 Å². The first-order chi connectivity index (χ1) is 6.25. The summed E-state index contributed by atoms with van der Waals surface area (Å²) in [5.41, 5.74) is -0.658. The van der Waals surface area contributed by atoms with E-state index in [0.717, 1.165) is 6.42 Å². The first kappa shape index (κ1) is 13.9. The van der Waals surface area contributed by atoms with Crippen molar-refractivity contribution in [3.8, 4) is 0 Å². The van der Waals surface area contributed by atoms with Gasteiger partial charge in [0.2, 0.25) is 0 Å². The highest BCUT2D eigenvalue weighted by Gasteiger charge is 2.32. The third-order valence-electron chi connectivity index (χ3n) is 3.01. The van der Waals surface area contributed by atoms with E-state index in [2.05, 4.69) is 20.8 Å². The van der Waals surface area contributed by atoms with Gasteiger partial charge in [0.25, 0.3) is 0 Å². The molecule has 2 heteroatoms. The van der Waals surface area contributed by atoms with Gasteiger partial charge in [-0.15, -0.1) is 0 Å². The zero-order chi connectivity index (χ0) is 11.4. The number of rotatable bonds is 5. The molecule has 0 aromatic carbocycles. The van der Waals surface area contributed by atoms with Crippen molar-refractivity contribution >= 4 is 0 Å². The van der Waals surface area contributed by atoms with Crippen LogP contribution >= 0.6 is 0 Å². The zero-order valence-corrected chi connectivity index (χ0v) is 10.3. The second-order valence-corrected chi connectivity index (χ2v) is 5.43. The summed E-state index contributed by atoms with van der Waals surface area (Å²) in [7, 11) is 0. The van der Waals surface area contributed by atoms with Gasteiger partial charge in [-0.3, -0.25) is 0 Å². The van der Waals surface area contributed by atoms with Crippen LogP contribution in [0.2, 0.25) is 0 Å². The fourth-order valence-electron chi connectivity index (χ4n) is 1.56. The predicted molar refractivity (Wildman–Crippen MR) is 60.2 cm³/mol.